The lowest BCUT2D eigenvalue weighted by Gasteiger charge is -2.17. The van der Waals surface area contributed by atoms with E-state index in [0.717, 1.165) is 5.56 Å². The van der Waals surface area contributed by atoms with Crippen molar-refractivity contribution >= 4 is 11.3 Å². The molecule has 0 radical (unpaired) electrons. The molecular formula is C13H15NO3S. The van der Waals surface area contributed by atoms with E-state index >= 15 is 0 Å². The lowest BCUT2D eigenvalue weighted by atomic mass is 10.00. The van der Waals surface area contributed by atoms with Gasteiger partial charge in [0, 0.05) is 12.1 Å². The van der Waals surface area contributed by atoms with Gasteiger partial charge in [-0.2, -0.15) is 11.3 Å². The highest BCUT2D eigenvalue weighted by Crippen LogP contribution is 2.39. The first-order valence-electron chi connectivity index (χ1n) is 5.40. The average Bonchev–Trinajstić information content (AvgIpc) is 2.90. The Morgan fingerprint density at radius 3 is 2.61 bits per heavy atom. The molecule has 0 saturated carbocycles. The molecule has 1 aromatic heterocycles. The highest BCUT2D eigenvalue weighted by atomic mass is 32.1. The Bertz CT molecular complexity index is 525. The summed E-state index contributed by atoms with van der Waals surface area (Å²) < 4.78 is 10.4. The Labute approximate surface area is 110 Å². The van der Waals surface area contributed by atoms with E-state index in [9.17, 15) is 5.11 Å². The number of thiophene rings is 1. The van der Waals surface area contributed by atoms with E-state index < -0.39 is 6.04 Å². The SMILES string of the molecule is COc1cc(O)c([C@@H](N)c2ccsc2)c(OC)c1. The van der Waals surface area contributed by atoms with Crippen LogP contribution in [0, 0.1) is 0 Å². The maximum absolute atomic E-state index is 10.1. The van der Waals surface area contributed by atoms with Gasteiger partial charge in [0.2, 0.25) is 0 Å². The molecule has 1 aromatic carbocycles. The maximum Gasteiger partial charge on any atom is 0.131 e. The Hall–Kier alpha value is -1.72. The van der Waals surface area contributed by atoms with E-state index in [1.807, 2.05) is 16.8 Å². The quantitative estimate of drug-likeness (QED) is 0.891. The summed E-state index contributed by atoms with van der Waals surface area (Å²) in [7, 11) is 3.07. The van der Waals surface area contributed by atoms with Crippen LogP contribution >= 0.6 is 11.3 Å². The number of hydrogen-bond donors (Lipinski definition) is 2. The zero-order valence-corrected chi connectivity index (χ0v) is 11.0. The van der Waals surface area contributed by atoms with Crippen LogP contribution in [-0.2, 0) is 0 Å². The monoisotopic (exact) mass is 265 g/mol. The van der Waals surface area contributed by atoms with Crippen LogP contribution in [0.3, 0.4) is 0 Å². The van der Waals surface area contributed by atoms with E-state index in [1.165, 1.54) is 20.3 Å². The molecule has 0 spiro atoms. The Kier molecular flexibility index (Phi) is 3.74. The van der Waals surface area contributed by atoms with Crippen molar-refractivity contribution in [3.8, 4) is 17.2 Å². The summed E-state index contributed by atoms with van der Waals surface area (Å²) in [5, 5.41) is 14.0. The Balaban J connectivity index is 2.49. The van der Waals surface area contributed by atoms with Crippen molar-refractivity contribution in [2.24, 2.45) is 5.73 Å². The number of methoxy groups -OCH3 is 2. The summed E-state index contributed by atoms with van der Waals surface area (Å²) >= 11 is 1.56. The van der Waals surface area contributed by atoms with Crippen LogP contribution in [0.25, 0.3) is 0 Å². The predicted molar refractivity (Wildman–Crippen MR) is 71.6 cm³/mol. The number of phenols is 1. The summed E-state index contributed by atoms with van der Waals surface area (Å²) in [6, 6.07) is 4.75. The fourth-order valence-corrected chi connectivity index (χ4v) is 2.50. The van der Waals surface area contributed by atoms with Gasteiger partial charge >= 0.3 is 0 Å². The molecule has 5 heteroatoms. The summed E-state index contributed by atoms with van der Waals surface area (Å²) in [4.78, 5) is 0. The summed E-state index contributed by atoms with van der Waals surface area (Å²) in [6.45, 7) is 0. The summed E-state index contributed by atoms with van der Waals surface area (Å²) in [5.74, 6) is 1.13. The lowest BCUT2D eigenvalue weighted by molar-refractivity contribution is 0.377. The van der Waals surface area contributed by atoms with Gasteiger partial charge in [-0.25, -0.2) is 0 Å². The summed E-state index contributed by atoms with van der Waals surface area (Å²) in [6.07, 6.45) is 0. The van der Waals surface area contributed by atoms with E-state index in [-0.39, 0.29) is 5.75 Å². The fourth-order valence-electron chi connectivity index (χ4n) is 1.81. The van der Waals surface area contributed by atoms with Gasteiger partial charge in [-0.3, -0.25) is 0 Å². The second-order valence-electron chi connectivity index (χ2n) is 3.80. The highest BCUT2D eigenvalue weighted by molar-refractivity contribution is 7.08. The molecule has 0 fully saturated rings. The minimum absolute atomic E-state index is 0.0740. The molecule has 0 bridgehead atoms. The third-order valence-corrected chi connectivity index (χ3v) is 3.46. The van der Waals surface area contributed by atoms with Crippen molar-refractivity contribution in [3.63, 3.8) is 0 Å². The molecule has 0 aliphatic heterocycles. The zero-order valence-electron chi connectivity index (χ0n) is 10.2. The number of phenolic OH excluding ortho intramolecular Hbond substituents is 1. The molecule has 0 aliphatic rings. The van der Waals surface area contributed by atoms with Gasteiger partial charge in [-0.15, -0.1) is 0 Å². The van der Waals surface area contributed by atoms with E-state index in [1.54, 1.807) is 17.4 Å². The molecule has 1 heterocycles. The molecule has 18 heavy (non-hydrogen) atoms. The number of nitrogens with two attached hydrogens (primary N) is 1. The molecule has 0 unspecified atom stereocenters. The van der Waals surface area contributed by atoms with Crippen LogP contribution in [-0.4, -0.2) is 19.3 Å². The van der Waals surface area contributed by atoms with Crippen molar-refractivity contribution in [2.45, 2.75) is 6.04 Å². The van der Waals surface area contributed by atoms with Crippen LogP contribution in [0.4, 0.5) is 0 Å². The maximum atomic E-state index is 10.1. The highest BCUT2D eigenvalue weighted by Gasteiger charge is 2.20. The number of aromatic hydroxyl groups is 1. The molecule has 0 aliphatic carbocycles. The van der Waals surface area contributed by atoms with Gasteiger partial charge < -0.3 is 20.3 Å². The predicted octanol–water partition coefficient (Wildman–Crippen LogP) is 2.52. The van der Waals surface area contributed by atoms with Crippen molar-refractivity contribution in [2.75, 3.05) is 14.2 Å². The smallest absolute Gasteiger partial charge is 0.131 e. The molecular weight excluding hydrogens is 250 g/mol. The van der Waals surface area contributed by atoms with Crippen molar-refractivity contribution < 1.29 is 14.6 Å². The van der Waals surface area contributed by atoms with Crippen molar-refractivity contribution in [3.05, 3.63) is 40.1 Å². The molecule has 1 atom stereocenters. The second-order valence-corrected chi connectivity index (χ2v) is 4.58. The molecule has 96 valence electrons. The molecule has 2 aromatic rings. The second kappa shape index (κ2) is 5.29. The van der Waals surface area contributed by atoms with Gasteiger partial charge in [-0.05, 0) is 22.4 Å². The van der Waals surface area contributed by atoms with E-state index in [2.05, 4.69) is 0 Å². The molecule has 3 N–H and O–H groups in total. The minimum atomic E-state index is -0.419. The first-order chi connectivity index (χ1) is 8.67. The number of benzene rings is 1. The third-order valence-electron chi connectivity index (χ3n) is 2.76. The van der Waals surface area contributed by atoms with Crippen LogP contribution in [0.1, 0.15) is 17.2 Å². The van der Waals surface area contributed by atoms with Crippen LogP contribution in [0.15, 0.2) is 29.0 Å². The Morgan fingerprint density at radius 2 is 2.06 bits per heavy atom. The standard InChI is InChI=1S/C13H15NO3S/c1-16-9-5-10(15)12(11(6-9)17-2)13(14)8-3-4-18-7-8/h3-7,13,15H,14H2,1-2H3/t13-/m0/s1. The van der Waals surface area contributed by atoms with Gasteiger partial charge in [0.1, 0.15) is 17.2 Å². The largest absolute Gasteiger partial charge is 0.507 e. The Morgan fingerprint density at radius 1 is 1.28 bits per heavy atom. The molecule has 0 saturated heterocycles. The van der Waals surface area contributed by atoms with Crippen molar-refractivity contribution in [1.29, 1.82) is 0 Å². The molecule has 0 amide bonds. The topological polar surface area (TPSA) is 64.7 Å². The van der Waals surface area contributed by atoms with E-state index in [4.69, 9.17) is 15.2 Å². The first-order valence-corrected chi connectivity index (χ1v) is 6.34. The molecule has 2 rings (SSSR count). The van der Waals surface area contributed by atoms with Gasteiger partial charge in [0.15, 0.2) is 0 Å². The minimum Gasteiger partial charge on any atom is -0.507 e. The van der Waals surface area contributed by atoms with Gasteiger partial charge in [0.25, 0.3) is 0 Å². The van der Waals surface area contributed by atoms with Crippen LogP contribution in [0.5, 0.6) is 17.2 Å². The first kappa shape index (κ1) is 12.7. The number of hydrogen-bond acceptors (Lipinski definition) is 5. The van der Waals surface area contributed by atoms with Crippen molar-refractivity contribution in [1.82, 2.24) is 0 Å². The van der Waals surface area contributed by atoms with Gasteiger partial charge in [0.05, 0.1) is 25.8 Å². The van der Waals surface area contributed by atoms with Crippen LogP contribution < -0.4 is 15.2 Å². The zero-order chi connectivity index (χ0) is 13.1. The lowest BCUT2D eigenvalue weighted by Crippen LogP contribution is -2.12. The van der Waals surface area contributed by atoms with Crippen LogP contribution in [0.2, 0.25) is 0 Å². The number of rotatable bonds is 4. The fraction of sp³-hybridized carbons (Fsp3) is 0.231. The number of ether oxygens (including phenoxy) is 2. The average molecular weight is 265 g/mol. The normalized spacial score (nSPS) is 12.2. The van der Waals surface area contributed by atoms with Gasteiger partial charge in [-0.1, -0.05) is 0 Å². The van der Waals surface area contributed by atoms with E-state index in [0.29, 0.717) is 17.1 Å². The third kappa shape index (κ3) is 2.27. The molecule has 4 nitrogen and oxygen atoms in total. The summed E-state index contributed by atoms with van der Waals surface area (Å²) in [5.41, 5.74) is 7.67.